The Bertz CT molecular complexity index is 1100. The molecule has 0 atom stereocenters. The van der Waals surface area contributed by atoms with Crippen LogP contribution in [0.4, 0.5) is 15.1 Å². The van der Waals surface area contributed by atoms with E-state index in [9.17, 15) is 9.18 Å². The Morgan fingerprint density at radius 3 is 2.41 bits per heavy atom. The highest BCUT2D eigenvalue weighted by atomic mass is 19.1. The molecule has 7 heteroatoms. The van der Waals surface area contributed by atoms with Crippen molar-refractivity contribution in [2.45, 2.75) is 6.61 Å². The Balaban J connectivity index is 1.57. The number of aromatic nitrogens is 3. The molecule has 0 saturated heterocycles. The van der Waals surface area contributed by atoms with Gasteiger partial charge in [0.1, 0.15) is 12.4 Å². The lowest BCUT2D eigenvalue weighted by atomic mass is 10.1. The van der Waals surface area contributed by atoms with E-state index in [1.807, 2.05) is 42.5 Å². The van der Waals surface area contributed by atoms with Crippen molar-refractivity contribution in [2.24, 2.45) is 0 Å². The number of carbonyl (C=O) groups is 1. The number of H-pyrrole nitrogens is 1. The Morgan fingerprint density at radius 1 is 0.966 bits per heavy atom. The van der Waals surface area contributed by atoms with Crippen molar-refractivity contribution in [3.05, 3.63) is 90.5 Å². The molecule has 144 valence electrons. The summed E-state index contributed by atoms with van der Waals surface area (Å²) in [4.78, 5) is 23.8. The van der Waals surface area contributed by atoms with E-state index in [1.54, 1.807) is 24.5 Å². The fourth-order valence-corrected chi connectivity index (χ4v) is 2.83. The van der Waals surface area contributed by atoms with Crippen molar-refractivity contribution in [2.75, 3.05) is 5.32 Å². The molecule has 29 heavy (non-hydrogen) atoms. The molecule has 0 saturated carbocycles. The van der Waals surface area contributed by atoms with Gasteiger partial charge in [-0.25, -0.2) is 14.2 Å². The normalized spacial score (nSPS) is 10.5. The predicted octanol–water partition coefficient (Wildman–Crippen LogP) is 5.03. The van der Waals surface area contributed by atoms with Crippen LogP contribution in [-0.4, -0.2) is 21.0 Å². The van der Waals surface area contributed by atoms with Gasteiger partial charge in [0.25, 0.3) is 0 Å². The molecule has 2 aromatic carbocycles. The number of halogens is 1. The number of hydrogen-bond acceptors (Lipinski definition) is 4. The number of hydrogen-bond donors (Lipinski definition) is 2. The molecule has 0 unspecified atom stereocenters. The number of benzene rings is 2. The van der Waals surface area contributed by atoms with E-state index in [2.05, 4.69) is 20.3 Å². The second kappa shape index (κ2) is 8.35. The number of aromatic amines is 1. The summed E-state index contributed by atoms with van der Waals surface area (Å²) in [6.07, 6.45) is 2.69. The van der Waals surface area contributed by atoms with Gasteiger partial charge in [0.15, 0.2) is 0 Å². The van der Waals surface area contributed by atoms with Gasteiger partial charge in [0.05, 0.1) is 11.4 Å². The van der Waals surface area contributed by atoms with E-state index in [-0.39, 0.29) is 18.4 Å². The molecule has 0 bridgehead atoms. The quantitative estimate of drug-likeness (QED) is 0.503. The average Bonchev–Trinajstić information content (AvgIpc) is 3.18. The molecule has 4 aromatic rings. The molecule has 2 N–H and O–H groups in total. The van der Waals surface area contributed by atoms with Gasteiger partial charge in [-0.05, 0) is 42.0 Å². The zero-order chi connectivity index (χ0) is 20.1. The van der Waals surface area contributed by atoms with Gasteiger partial charge >= 0.3 is 6.09 Å². The minimum atomic E-state index is -0.630. The maximum Gasteiger partial charge on any atom is 0.414 e. The van der Waals surface area contributed by atoms with Gasteiger partial charge in [-0.3, -0.25) is 10.3 Å². The van der Waals surface area contributed by atoms with Gasteiger partial charge < -0.3 is 9.72 Å². The first-order chi connectivity index (χ1) is 14.2. The molecule has 2 heterocycles. The Kier molecular flexibility index (Phi) is 5.29. The molecule has 0 radical (unpaired) electrons. The molecule has 4 rings (SSSR count). The Hall–Kier alpha value is -4.00. The lowest BCUT2D eigenvalue weighted by Crippen LogP contribution is -2.14. The van der Waals surface area contributed by atoms with E-state index >= 15 is 0 Å². The molecule has 0 aliphatic heterocycles. The van der Waals surface area contributed by atoms with Crippen LogP contribution >= 0.6 is 0 Å². The van der Waals surface area contributed by atoms with E-state index in [1.165, 1.54) is 12.1 Å². The van der Waals surface area contributed by atoms with Crippen LogP contribution < -0.4 is 5.32 Å². The largest absolute Gasteiger partial charge is 0.444 e. The molecular formula is C22H17FN4O2. The standard InChI is InChI=1S/C22H17FN4O2/c23-18-8-6-16(7-9-18)19-20(17-10-12-24-13-11-17)26-21(25-19)27-22(28)29-14-15-4-2-1-3-5-15/h1-13H,14H2,(H2,25,26,27,28). The number of imidazole rings is 1. The highest BCUT2D eigenvalue weighted by molar-refractivity contribution is 5.86. The number of carbonyl (C=O) groups excluding carboxylic acids is 1. The molecule has 2 aromatic heterocycles. The molecule has 1 amide bonds. The second-order valence-corrected chi connectivity index (χ2v) is 6.24. The van der Waals surface area contributed by atoms with Crippen LogP contribution in [0, 0.1) is 5.82 Å². The maximum atomic E-state index is 13.3. The fourth-order valence-electron chi connectivity index (χ4n) is 2.83. The molecule has 0 aliphatic carbocycles. The summed E-state index contributed by atoms with van der Waals surface area (Å²) in [6, 6.07) is 19.0. The van der Waals surface area contributed by atoms with Crippen molar-refractivity contribution < 1.29 is 13.9 Å². The monoisotopic (exact) mass is 388 g/mol. The van der Waals surface area contributed by atoms with Crippen molar-refractivity contribution in [3.8, 4) is 22.5 Å². The highest BCUT2D eigenvalue weighted by Crippen LogP contribution is 2.31. The Morgan fingerprint density at radius 2 is 1.69 bits per heavy atom. The van der Waals surface area contributed by atoms with Crippen LogP contribution in [-0.2, 0) is 11.3 Å². The number of nitrogens with one attached hydrogen (secondary N) is 2. The number of anilines is 1. The number of rotatable bonds is 5. The van der Waals surface area contributed by atoms with Gasteiger partial charge in [-0.15, -0.1) is 0 Å². The summed E-state index contributed by atoms with van der Waals surface area (Å²) in [5.41, 5.74) is 3.68. The number of amides is 1. The lowest BCUT2D eigenvalue weighted by Gasteiger charge is -2.04. The molecule has 6 nitrogen and oxygen atoms in total. The molecular weight excluding hydrogens is 371 g/mol. The van der Waals surface area contributed by atoms with Gasteiger partial charge in [0.2, 0.25) is 5.95 Å². The van der Waals surface area contributed by atoms with E-state index in [0.29, 0.717) is 17.0 Å². The first-order valence-electron chi connectivity index (χ1n) is 8.93. The van der Waals surface area contributed by atoms with Crippen molar-refractivity contribution in [1.29, 1.82) is 0 Å². The number of nitrogens with zero attached hydrogens (tertiary/aromatic N) is 2. The third-order valence-electron chi connectivity index (χ3n) is 4.22. The van der Waals surface area contributed by atoms with E-state index in [4.69, 9.17) is 4.74 Å². The maximum absolute atomic E-state index is 13.3. The van der Waals surface area contributed by atoms with E-state index in [0.717, 1.165) is 11.1 Å². The van der Waals surface area contributed by atoms with Crippen molar-refractivity contribution in [1.82, 2.24) is 15.0 Å². The lowest BCUT2D eigenvalue weighted by molar-refractivity contribution is 0.155. The third-order valence-corrected chi connectivity index (χ3v) is 4.22. The van der Waals surface area contributed by atoms with Crippen molar-refractivity contribution >= 4 is 12.0 Å². The number of pyridine rings is 1. The van der Waals surface area contributed by atoms with E-state index < -0.39 is 6.09 Å². The van der Waals surface area contributed by atoms with Gasteiger partial charge in [-0.2, -0.15) is 0 Å². The average molecular weight is 388 g/mol. The first kappa shape index (κ1) is 18.4. The van der Waals surface area contributed by atoms with Crippen molar-refractivity contribution in [3.63, 3.8) is 0 Å². The summed E-state index contributed by atoms with van der Waals surface area (Å²) in [7, 11) is 0. The first-order valence-corrected chi connectivity index (χ1v) is 8.93. The predicted molar refractivity (Wildman–Crippen MR) is 107 cm³/mol. The third kappa shape index (κ3) is 4.47. The smallest absolute Gasteiger partial charge is 0.414 e. The van der Waals surface area contributed by atoms with Gasteiger partial charge in [0, 0.05) is 23.5 Å². The fraction of sp³-hybridized carbons (Fsp3) is 0.0455. The van der Waals surface area contributed by atoms with Crippen LogP contribution in [0.25, 0.3) is 22.5 Å². The topological polar surface area (TPSA) is 79.9 Å². The zero-order valence-electron chi connectivity index (χ0n) is 15.3. The van der Waals surface area contributed by atoms with Crippen LogP contribution in [0.5, 0.6) is 0 Å². The molecule has 0 fully saturated rings. The number of ether oxygens (including phenoxy) is 1. The highest BCUT2D eigenvalue weighted by Gasteiger charge is 2.16. The molecule has 0 aliphatic rings. The minimum absolute atomic E-state index is 0.148. The van der Waals surface area contributed by atoms with Gasteiger partial charge in [-0.1, -0.05) is 30.3 Å². The van der Waals surface area contributed by atoms with Crippen LogP contribution in [0.3, 0.4) is 0 Å². The summed E-state index contributed by atoms with van der Waals surface area (Å²) >= 11 is 0. The summed E-state index contributed by atoms with van der Waals surface area (Å²) in [6.45, 7) is 0.148. The molecule has 0 spiro atoms. The summed E-state index contributed by atoms with van der Waals surface area (Å²) in [5, 5.41) is 2.61. The van der Waals surface area contributed by atoms with Crippen LogP contribution in [0.2, 0.25) is 0 Å². The van der Waals surface area contributed by atoms with Crippen LogP contribution in [0.1, 0.15) is 5.56 Å². The second-order valence-electron chi connectivity index (χ2n) is 6.24. The Labute approximate surface area is 166 Å². The minimum Gasteiger partial charge on any atom is -0.444 e. The SMILES string of the molecule is O=C(Nc1nc(-c2ccc(F)cc2)c(-c2ccncc2)[nH]1)OCc1ccccc1. The summed E-state index contributed by atoms with van der Waals surface area (Å²) < 4.78 is 18.6. The summed E-state index contributed by atoms with van der Waals surface area (Å²) in [5.74, 6) is -0.105. The van der Waals surface area contributed by atoms with Crippen LogP contribution in [0.15, 0.2) is 79.1 Å². The zero-order valence-corrected chi connectivity index (χ0v) is 15.3.